The van der Waals surface area contributed by atoms with Gasteiger partial charge in [0, 0.05) is 0 Å². The van der Waals surface area contributed by atoms with Crippen LogP contribution in [0.25, 0.3) is 0 Å². The van der Waals surface area contributed by atoms with Gasteiger partial charge >= 0.3 is 5.97 Å². The molecule has 0 aliphatic heterocycles. The summed E-state index contributed by atoms with van der Waals surface area (Å²) in [7, 11) is -0.746. The van der Waals surface area contributed by atoms with E-state index in [0.29, 0.717) is 24.9 Å². The molecule has 0 saturated carbocycles. The first kappa shape index (κ1) is 19.5. The van der Waals surface area contributed by atoms with E-state index >= 15 is 0 Å². The van der Waals surface area contributed by atoms with E-state index in [1.807, 2.05) is 0 Å². The largest absolute Gasteiger partial charge is 0.467 e. The average Bonchev–Trinajstić information content (AvgIpc) is 2.50. The van der Waals surface area contributed by atoms with Crippen LogP contribution in [0.2, 0.25) is 0 Å². The number of halogens is 1. The minimum Gasteiger partial charge on any atom is -0.467 e. The molecule has 2 N–H and O–H groups in total. The van der Waals surface area contributed by atoms with Gasteiger partial charge in [-0.05, 0) is 51.1 Å². The van der Waals surface area contributed by atoms with Gasteiger partial charge in [0.1, 0.15) is 5.82 Å². The Labute approximate surface area is 136 Å². The monoisotopic (exact) mass is 346 g/mol. The van der Waals surface area contributed by atoms with Gasteiger partial charge in [-0.2, -0.15) is 4.72 Å². The maximum absolute atomic E-state index is 13.1. The Hall–Kier alpha value is -1.51. The Morgan fingerprint density at radius 2 is 1.87 bits per heavy atom. The number of esters is 1. The number of ether oxygens (including phenoxy) is 1. The summed E-state index contributed by atoms with van der Waals surface area (Å²) < 4.78 is 44.7. The highest BCUT2D eigenvalue weighted by Gasteiger charge is 2.40. The molecule has 0 amide bonds. The fraction of sp³-hybridized carbons (Fsp3) is 0.533. The number of sulfonamides is 1. The van der Waals surface area contributed by atoms with Gasteiger partial charge in [0.25, 0.3) is 0 Å². The standard InChI is InChI=1S/C15H23FN2O4S/c1-15(14(19)22-3,12-6-8-13(16)9-7-12)18-23(20,21)11-5-4-10-17-2/h6-9,17-18H,4-5,10-11H2,1-3H3. The molecule has 0 aliphatic carbocycles. The van der Waals surface area contributed by atoms with Crippen molar-refractivity contribution in [2.75, 3.05) is 26.5 Å². The maximum atomic E-state index is 13.1. The first-order valence-corrected chi connectivity index (χ1v) is 8.91. The molecule has 23 heavy (non-hydrogen) atoms. The van der Waals surface area contributed by atoms with Crippen LogP contribution in [0.4, 0.5) is 4.39 Å². The summed E-state index contributed by atoms with van der Waals surface area (Å²) >= 11 is 0. The molecule has 0 aromatic heterocycles. The van der Waals surface area contributed by atoms with Crippen molar-refractivity contribution in [3.63, 3.8) is 0 Å². The van der Waals surface area contributed by atoms with E-state index < -0.39 is 27.3 Å². The van der Waals surface area contributed by atoms with Crippen LogP contribution >= 0.6 is 0 Å². The van der Waals surface area contributed by atoms with E-state index in [1.165, 1.54) is 26.2 Å². The predicted octanol–water partition coefficient (Wildman–Crippen LogP) is 1.13. The summed E-state index contributed by atoms with van der Waals surface area (Å²) in [6.07, 6.45) is 1.15. The van der Waals surface area contributed by atoms with E-state index in [2.05, 4.69) is 10.0 Å². The Morgan fingerprint density at radius 1 is 1.26 bits per heavy atom. The van der Waals surface area contributed by atoms with E-state index in [-0.39, 0.29) is 5.75 Å². The van der Waals surface area contributed by atoms with Gasteiger partial charge in [-0.25, -0.2) is 17.6 Å². The van der Waals surface area contributed by atoms with E-state index in [0.717, 1.165) is 12.1 Å². The average molecular weight is 346 g/mol. The summed E-state index contributed by atoms with van der Waals surface area (Å²) in [4.78, 5) is 12.1. The van der Waals surface area contributed by atoms with Crippen molar-refractivity contribution in [3.8, 4) is 0 Å². The lowest BCUT2D eigenvalue weighted by atomic mass is 9.93. The number of rotatable bonds is 9. The molecule has 0 aliphatic rings. The molecule has 1 aromatic carbocycles. The van der Waals surface area contributed by atoms with Crippen molar-refractivity contribution < 1.29 is 22.3 Å². The van der Waals surface area contributed by atoms with Crippen molar-refractivity contribution in [2.24, 2.45) is 0 Å². The van der Waals surface area contributed by atoms with E-state index in [1.54, 1.807) is 7.05 Å². The Balaban J connectivity index is 2.98. The summed E-state index contributed by atoms with van der Waals surface area (Å²) in [6, 6.07) is 5.04. The van der Waals surface area contributed by atoms with Crippen molar-refractivity contribution in [2.45, 2.75) is 25.3 Å². The van der Waals surface area contributed by atoms with Crippen LogP contribution in [0.15, 0.2) is 24.3 Å². The van der Waals surface area contributed by atoms with Gasteiger partial charge in [-0.3, -0.25) is 0 Å². The molecule has 6 nitrogen and oxygen atoms in total. The summed E-state index contributed by atoms with van der Waals surface area (Å²) in [6.45, 7) is 2.11. The zero-order chi connectivity index (χ0) is 17.5. The van der Waals surface area contributed by atoms with Gasteiger partial charge in [0.2, 0.25) is 10.0 Å². The zero-order valence-corrected chi connectivity index (χ0v) is 14.4. The summed E-state index contributed by atoms with van der Waals surface area (Å²) in [5.41, 5.74) is -1.30. The molecule has 1 atom stereocenters. The van der Waals surface area contributed by atoms with Gasteiger partial charge in [-0.15, -0.1) is 0 Å². The lowest BCUT2D eigenvalue weighted by molar-refractivity contribution is -0.147. The van der Waals surface area contributed by atoms with Crippen LogP contribution in [-0.4, -0.2) is 40.8 Å². The summed E-state index contributed by atoms with van der Waals surface area (Å²) in [5.74, 6) is -1.35. The maximum Gasteiger partial charge on any atom is 0.331 e. The topological polar surface area (TPSA) is 84.5 Å². The highest BCUT2D eigenvalue weighted by Crippen LogP contribution is 2.24. The van der Waals surface area contributed by atoms with Crippen LogP contribution < -0.4 is 10.0 Å². The molecule has 1 aromatic rings. The number of carbonyl (C=O) groups excluding carboxylic acids is 1. The van der Waals surface area contributed by atoms with Crippen molar-refractivity contribution in [3.05, 3.63) is 35.6 Å². The fourth-order valence-corrected chi connectivity index (χ4v) is 3.67. The Morgan fingerprint density at radius 3 is 2.39 bits per heavy atom. The molecular weight excluding hydrogens is 323 g/mol. The van der Waals surface area contributed by atoms with Gasteiger partial charge in [0.15, 0.2) is 5.54 Å². The SMILES string of the molecule is CNCCCCS(=O)(=O)NC(C)(C(=O)OC)c1ccc(F)cc1. The van der Waals surface area contributed by atoms with Crippen LogP contribution in [0.3, 0.4) is 0 Å². The second-order valence-corrected chi connectivity index (χ2v) is 7.20. The lowest BCUT2D eigenvalue weighted by Crippen LogP contribution is -2.50. The number of benzene rings is 1. The van der Waals surface area contributed by atoms with Gasteiger partial charge in [0.05, 0.1) is 12.9 Å². The van der Waals surface area contributed by atoms with Crippen LogP contribution in [-0.2, 0) is 25.1 Å². The number of methoxy groups -OCH3 is 1. The number of nitrogens with one attached hydrogen (secondary N) is 2. The highest BCUT2D eigenvalue weighted by molar-refractivity contribution is 7.89. The third kappa shape index (κ3) is 5.56. The molecule has 130 valence electrons. The molecule has 0 spiro atoms. The molecule has 1 rings (SSSR count). The minimum atomic E-state index is -3.71. The lowest BCUT2D eigenvalue weighted by Gasteiger charge is -2.28. The normalized spacial score (nSPS) is 14.3. The number of hydrogen-bond donors (Lipinski definition) is 2. The van der Waals surface area contributed by atoms with E-state index in [9.17, 15) is 17.6 Å². The first-order chi connectivity index (χ1) is 10.7. The highest BCUT2D eigenvalue weighted by atomic mass is 32.2. The van der Waals surface area contributed by atoms with Crippen molar-refractivity contribution >= 4 is 16.0 Å². The molecule has 0 radical (unpaired) electrons. The molecule has 0 fully saturated rings. The van der Waals surface area contributed by atoms with Crippen molar-refractivity contribution in [1.29, 1.82) is 0 Å². The molecule has 0 saturated heterocycles. The zero-order valence-electron chi connectivity index (χ0n) is 13.6. The Bertz CT molecular complexity index is 619. The molecule has 0 heterocycles. The number of hydrogen-bond acceptors (Lipinski definition) is 5. The Kier molecular flexibility index (Phi) is 7.11. The fourth-order valence-electron chi connectivity index (χ4n) is 2.16. The van der Waals surface area contributed by atoms with Crippen LogP contribution in [0.5, 0.6) is 0 Å². The van der Waals surface area contributed by atoms with Crippen LogP contribution in [0.1, 0.15) is 25.3 Å². The van der Waals surface area contributed by atoms with Crippen molar-refractivity contribution in [1.82, 2.24) is 10.0 Å². The summed E-state index contributed by atoms with van der Waals surface area (Å²) in [5, 5.41) is 2.94. The quantitative estimate of drug-likeness (QED) is 0.517. The third-order valence-corrected chi connectivity index (χ3v) is 5.01. The van der Waals surface area contributed by atoms with Gasteiger partial charge < -0.3 is 10.1 Å². The molecule has 8 heteroatoms. The second-order valence-electron chi connectivity index (χ2n) is 5.36. The molecule has 1 unspecified atom stereocenters. The first-order valence-electron chi connectivity index (χ1n) is 7.26. The molecular formula is C15H23FN2O4S. The van der Waals surface area contributed by atoms with Crippen LogP contribution in [0, 0.1) is 5.82 Å². The third-order valence-electron chi connectivity index (χ3n) is 3.46. The number of carbonyl (C=O) groups is 1. The van der Waals surface area contributed by atoms with Gasteiger partial charge in [-0.1, -0.05) is 12.1 Å². The smallest absolute Gasteiger partial charge is 0.331 e. The second kappa shape index (κ2) is 8.37. The van der Waals surface area contributed by atoms with E-state index in [4.69, 9.17) is 4.74 Å². The minimum absolute atomic E-state index is 0.109. The number of unbranched alkanes of at least 4 members (excludes halogenated alkanes) is 1. The molecule has 0 bridgehead atoms. The predicted molar refractivity (Wildman–Crippen MR) is 85.9 cm³/mol.